The zero-order valence-electron chi connectivity index (χ0n) is 17.4. The number of ether oxygens (including phenoxy) is 1. The largest absolute Gasteiger partial charge is 0.497 e. The van der Waals surface area contributed by atoms with Crippen LogP contribution in [0.2, 0.25) is 0 Å². The second-order valence-electron chi connectivity index (χ2n) is 6.90. The molecule has 0 atom stereocenters. The van der Waals surface area contributed by atoms with Crippen LogP contribution in [0.4, 0.5) is 0 Å². The van der Waals surface area contributed by atoms with E-state index in [0.717, 1.165) is 22.2 Å². The second kappa shape index (κ2) is 8.72. The first-order valence-electron chi connectivity index (χ1n) is 9.88. The standard InChI is InChI=1S/C23H19N5O3S/c1-15-20(21(27-31-15)16-6-4-3-5-7-16)22-26-25-19(30-22)14-32-23-24-12-13-28(23)17-8-10-18(29-2)11-9-17/h3-13H,14H2,1-2H3. The molecule has 3 aromatic heterocycles. The van der Waals surface area contributed by atoms with Gasteiger partial charge in [0.05, 0.1) is 12.9 Å². The summed E-state index contributed by atoms with van der Waals surface area (Å²) in [5, 5.41) is 13.5. The fourth-order valence-corrected chi connectivity index (χ4v) is 4.10. The van der Waals surface area contributed by atoms with Crippen molar-refractivity contribution in [1.82, 2.24) is 24.9 Å². The van der Waals surface area contributed by atoms with E-state index in [1.807, 2.05) is 72.3 Å². The highest BCUT2D eigenvalue weighted by Crippen LogP contribution is 2.34. The number of methoxy groups -OCH3 is 1. The third-order valence-electron chi connectivity index (χ3n) is 4.87. The zero-order valence-corrected chi connectivity index (χ0v) is 18.2. The minimum Gasteiger partial charge on any atom is -0.497 e. The molecule has 0 aliphatic carbocycles. The van der Waals surface area contributed by atoms with Crippen molar-refractivity contribution in [1.29, 1.82) is 0 Å². The summed E-state index contributed by atoms with van der Waals surface area (Å²) < 4.78 is 18.6. The first kappa shape index (κ1) is 20.1. The van der Waals surface area contributed by atoms with Gasteiger partial charge in [0.1, 0.15) is 22.8 Å². The molecule has 0 spiro atoms. The Balaban J connectivity index is 1.35. The summed E-state index contributed by atoms with van der Waals surface area (Å²) in [7, 11) is 1.65. The van der Waals surface area contributed by atoms with E-state index in [-0.39, 0.29) is 0 Å². The van der Waals surface area contributed by atoms with Gasteiger partial charge in [-0.15, -0.1) is 10.2 Å². The summed E-state index contributed by atoms with van der Waals surface area (Å²) in [4.78, 5) is 4.45. The van der Waals surface area contributed by atoms with Crippen LogP contribution < -0.4 is 4.74 Å². The van der Waals surface area contributed by atoms with Gasteiger partial charge in [-0.05, 0) is 31.2 Å². The quantitative estimate of drug-likeness (QED) is 0.316. The molecule has 9 heteroatoms. The van der Waals surface area contributed by atoms with E-state index >= 15 is 0 Å². The van der Waals surface area contributed by atoms with Crippen LogP contribution >= 0.6 is 11.8 Å². The van der Waals surface area contributed by atoms with Crippen LogP contribution in [0.5, 0.6) is 5.75 Å². The van der Waals surface area contributed by atoms with Gasteiger partial charge in [0.2, 0.25) is 5.89 Å². The van der Waals surface area contributed by atoms with Crippen molar-refractivity contribution in [3.63, 3.8) is 0 Å². The van der Waals surface area contributed by atoms with Crippen LogP contribution in [-0.2, 0) is 5.75 Å². The molecule has 0 amide bonds. The molecule has 0 saturated carbocycles. The van der Waals surface area contributed by atoms with E-state index < -0.39 is 0 Å². The van der Waals surface area contributed by atoms with Crippen LogP contribution in [0.1, 0.15) is 11.7 Å². The topological polar surface area (TPSA) is 92.0 Å². The lowest BCUT2D eigenvalue weighted by molar-refractivity contribution is 0.399. The number of thioether (sulfide) groups is 1. The zero-order chi connectivity index (χ0) is 21.9. The molecule has 2 aromatic carbocycles. The Hall–Kier alpha value is -3.85. The van der Waals surface area contributed by atoms with E-state index in [2.05, 4.69) is 20.3 Å². The molecule has 0 bridgehead atoms. The Bertz CT molecular complexity index is 1330. The maximum absolute atomic E-state index is 5.95. The fourth-order valence-electron chi connectivity index (χ4n) is 3.29. The molecular formula is C23H19N5O3S. The van der Waals surface area contributed by atoms with Crippen LogP contribution in [0.3, 0.4) is 0 Å². The van der Waals surface area contributed by atoms with Gasteiger partial charge >= 0.3 is 0 Å². The van der Waals surface area contributed by atoms with Crippen LogP contribution in [-0.4, -0.2) is 32.0 Å². The highest BCUT2D eigenvalue weighted by Gasteiger charge is 2.22. The molecule has 0 radical (unpaired) electrons. The smallest absolute Gasteiger partial charge is 0.253 e. The minimum absolute atomic E-state index is 0.386. The molecule has 0 unspecified atom stereocenters. The summed E-state index contributed by atoms with van der Waals surface area (Å²) in [6, 6.07) is 17.6. The maximum atomic E-state index is 5.95. The number of aromatic nitrogens is 5. The molecule has 0 N–H and O–H groups in total. The van der Waals surface area contributed by atoms with Gasteiger partial charge in [-0.2, -0.15) is 0 Å². The van der Waals surface area contributed by atoms with E-state index in [1.54, 1.807) is 13.3 Å². The van der Waals surface area contributed by atoms with Crippen LogP contribution in [0, 0.1) is 6.92 Å². The number of imidazole rings is 1. The van der Waals surface area contributed by atoms with E-state index in [9.17, 15) is 0 Å². The number of rotatable bonds is 7. The Labute approximate surface area is 188 Å². The number of hydrogen-bond acceptors (Lipinski definition) is 8. The molecule has 0 saturated heterocycles. The lowest BCUT2D eigenvalue weighted by Gasteiger charge is -2.07. The third-order valence-corrected chi connectivity index (χ3v) is 5.82. The van der Waals surface area contributed by atoms with Crippen molar-refractivity contribution in [3.8, 4) is 34.1 Å². The van der Waals surface area contributed by atoms with Gasteiger partial charge in [-0.1, -0.05) is 47.3 Å². The van der Waals surface area contributed by atoms with E-state index in [0.29, 0.717) is 34.6 Å². The predicted molar refractivity (Wildman–Crippen MR) is 120 cm³/mol. The van der Waals surface area contributed by atoms with Crippen LogP contribution in [0.25, 0.3) is 28.4 Å². The van der Waals surface area contributed by atoms with E-state index in [1.165, 1.54) is 11.8 Å². The molecule has 0 fully saturated rings. The minimum atomic E-state index is 0.386. The highest BCUT2D eigenvalue weighted by atomic mass is 32.2. The number of aryl methyl sites for hydroxylation is 1. The number of hydrogen-bond donors (Lipinski definition) is 0. The molecule has 160 valence electrons. The van der Waals surface area contributed by atoms with Gasteiger partial charge in [0.25, 0.3) is 5.89 Å². The number of benzene rings is 2. The van der Waals surface area contributed by atoms with Gasteiger partial charge in [-0.3, -0.25) is 4.57 Å². The maximum Gasteiger partial charge on any atom is 0.253 e. The van der Waals surface area contributed by atoms with Crippen molar-refractivity contribution in [2.45, 2.75) is 17.8 Å². The van der Waals surface area contributed by atoms with Crippen molar-refractivity contribution in [2.24, 2.45) is 0 Å². The van der Waals surface area contributed by atoms with Crippen LogP contribution in [0.15, 0.2) is 81.1 Å². The van der Waals surface area contributed by atoms with Gasteiger partial charge in [-0.25, -0.2) is 4.98 Å². The predicted octanol–water partition coefficient (Wildman–Crippen LogP) is 5.19. The molecule has 5 rings (SSSR count). The Morgan fingerprint density at radius 2 is 1.84 bits per heavy atom. The fraction of sp³-hybridized carbons (Fsp3) is 0.130. The average molecular weight is 446 g/mol. The van der Waals surface area contributed by atoms with Crippen molar-refractivity contribution >= 4 is 11.8 Å². The number of nitrogens with zero attached hydrogens (tertiary/aromatic N) is 5. The van der Waals surface area contributed by atoms with Crippen molar-refractivity contribution in [2.75, 3.05) is 7.11 Å². The molecule has 3 heterocycles. The Kier molecular flexibility index (Phi) is 5.47. The Morgan fingerprint density at radius 1 is 1.03 bits per heavy atom. The van der Waals surface area contributed by atoms with Crippen molar-refractivity contribution in [3.05, 3.63) is 78.6 Å². The third kappa shape index (κ3) is 3.90. The molecule has 0 aliphatic rings. The first-order valence-corrected chi connectivity index (χ1v) is 10.9. The molecule has 0 aliphatic heterocycles. The summed E-state index contributed by atoms with van der Waals surface area (Å²) in [6.45, 7) is 1.83. The Morgan fingerprint density at radius 3 is 2.62 bits per heavy atom. The lowest BCUT2D eigenvalue weighted by Crippen LogP contribution is -1.95. The summed E-state index contributed by atoms with van der Waals surface area (Å²) in [5.74, 6) is 2.79. The van der Waals surface area contributed by atoms with Crippen molar-refractivity contribution < 1.29 is 13.7 Å². The first-order chi connectivity index (χ1) is 15.7. The SMILES string of the molecule is COc1ccc(-n2ccnc2SCc2nnc(-c3c(-c4ccccc4)noc3C)o2)cc1. The molecule has 5 aromatic rings. The molecular weight excluding hydrogens is 426 g/mol. The highest BCUT2D eigenvalue weighted by molar-refractivity contribution is 7.98. The molecule has 8 nitrogen and oxygen atoms in total. The average Bonchev–Trinajstić information content (AvgIpc) is 3.58. The molecule has 32 heavy (non-hydrogen) atoms. The normalized spacial score (nSPS) is 11.1. The monoisotopic (exact) mass is 445 g/mol. The second-order valence-corrected chi connectivity index (χ2v) is 7.84. The van der Waals surface area contributed by atoms with Gasteiger partial charge < -0.3 is 13.7 Å². The lowest BCUT2D eigenvalue weighted by atomic mass is 10.1. The van der Waals surface area contributed by atoms with E-state index in [4.69, 9.17) is 13.7 Å². The van der Waals surface area contributed by atoms with Gasteiger partial charge in [0, 0.05) is 23.6 Å². The summed E-state index contributed by atoms with van der Waals surface area (Å²) >= 11 is 1.51. The van der Waals surface area contributed by atoms with Gasteiger partial charge in [0.15, 0.2) is 5.16 Å². The summed E-state index contributed by atoms with van der Waals surface area (Å²) in [6.07, 6.45) is 3.68. The summed E-state index contributed by atoms with van der Waals surface area (Å²) in [5.41, 5.74) is 3.31.